The van der Waals surface area contributed by atoms with E-state index in [4.69, 9.17) is 4.74 Å². The van der Waals surface area contributed by atoms with Crippen molar-refractivity contribution < 1.29 is 9.53 Å². The Hall–Kier alpha value is -3.48. The molecule has 1 fully saturated rings. The highest BCUT2D eigenvalue weighted by Crippen LogP contribution is 2.20. The summed E-state index contributed by atoms with van der Waals surface area (Å²) in [5.74, 6) is 0.853. The van der Waals surface area contributed by atoms with Crippen LogP contribution in [0.2, 0.25) is 0 Å². The van der Waals surface area contributed by atoms with E-state index in [1.165, 1.54) is 0 Å². The van der Waals surface area contributed by atoms with Crippen molar-refractivity contribution in [3.63, 3.8) is 0 Å². The molecule has 0 bridgehead atoms. The van der Waals surface area contributed by atoms with Gasteiger partial charge >= 0.3 is 6.03 Å². The van der Waals surface area contributed by atoms with Crippen LogP contribution in [0, 0.1) is 0 Å². The first-order valence-corrected chi connectivity index (χ1v) is 10.2. The zero-order valence-electron chi connectivity index (χ0n) is 17.2. The zero-order valence-corrected chi connectivity index (χ0v) is 17.2. The highest BCUT2D eigenvalue weighted by Gasteiger charge is 2.21. The third kappa shape index (κ3) is 4.74. The second kappa shape index (κ2) is 9.35. The Morgan fingerprint density at radius 3 is 2.43 bits per heavy atom. The Balaban J connectivity index is 1.21. The topological polar surface area (TPSA) is 62.6 Å². The number of piperazine rings is 1. The maximum atomic E-state index is 12.5. The molecule has 7 heteroatoms. The smallest absolute Gasteiger partial charge is 0.317 e. The summed E-state index contributed by atoms with van der Waals surface area (Å²) < 4.78 is 7.07. The normalized spacial score (nSPS) is 13.9. The van der Waals surface area contributed by atoms with Gasteiger partial charge in [-0.1, -0.05) is 18.2 Å². The molecule has 1 aliphatic rings. The first kappa shape index (κ1) is 19.8. The van der Waals surface area contributed by atoms with Gasteiger partial charge in [0.15, 0.2) is 0 Å². The van der Waals surface area contributed by atoms with E-state index in [1.807, 2.05) is 64.4 Å². The van der Waals surface area contributed by atoms with Crippen LogP contribution in [-0.4, -0.2) is 60.5 Å². The van der Waals surface area contributed by atoms with Gasteiger partial charge < -0.3 is 19.9 Å². The fraction of sp³-hybridized carbons (Fsp3) is 0.304. The number of hydrogen-bond donors (Lipinski definition) is 1. The summed E-state index contributed by atoms with van der Waals surface area (Å²) in [4.78, 5) is 16.7. The van der Waals surface area contributed by atoms with E-state index < -0.39 is 0 Å². The van der Waals surface area contributed by atoms with E-state index in [2.05, 4.69) is 27.4 Å². The third-order valence-corrected chi connectivity index (χ3v) is 5.35. The number of para-hydroxylation sites is 1. The summed E-state index contributed by atoms with van der Waals surface area (Å²) in [6, 6.07) is 18.1. The number of amides is 2. The van der Waals surface area contributed by atoms with Crippen LogP contribution >= 0.6 is 0 Å². The van der Waals surface area contributed by atoms with Gasteiger partial charge in [0.05, 0.1) is 19.0 Å². The molecular weight excluding hydrogens is 378 g/mol. The number of aromatic nitrogens is 2. The number of ether oxygens (including phenoxy) is 1. The van der Waals surface area contributed by atoms with Crippen LogP contribution < -0.4 is 15.0 Å². The van der Waals surface area contributed by atoms with Gasteiger partial charge in [-0.2, -0.15) is 5.10 Å². The molecule has 2 amide bonds. The third-order valence-electron chi connectivity index (χ3n) is 5.35. The number of benzene rings is 2. The minimum Gasteiger partial charge on any atom is -0.497 e. The minimum absolute atomic E-state index is 0.000155. The van der Waals surface area contributed by atoms with Gasteiger partial charge in [-0.3, -0.25) is 0 Å². The van der Waals surface area contributed by atoms with Gasteiger partial charge in [0.2, 0.25) is 0 Å². The first-order chi connectivity index (χ1) is 14.7. The molecule has 0 spiro atoms. The molecule has 1 saturated heterocycles. The highest BCUT2D eigenvalue weighted by molar-refractivity contribution is 5.74. The van der Waals surface area contributed by atoms with Crippen molar-refractivity contribution in [2.75, 3.05) is 44.7 Å². The van der Waals surface area contributed by atoms with E-state index in [9.17, 15) is 4.79 Å². The lowest BCUT2D eigenvalue weighted by Crippen LogP contribution is -2.52. The van der Waals surface area contributed by atoms with Crippen LogP contribution in [0.3, 0.4) is 0 Å². The molecular formula is C23H27N5O2. The van der Waals surface area contributed by atoms with Gasteiger partial charge in [-0.25, -0.2) is 9.48 Å². The van der Waals surface area contributed by atoms with Crippen molar-refractivity contribution in [2.45, 2.75) is 6.42 Å². The number of methoxy groups -OCH3 is 1. The minimum atomic E-state index is -0.000155. The number of urea groups is 1. The van der Waals surface area contributed by atoms with Crippen molar-refractivity contribution in [3.8, 4) is 11.4 Å². The first-order valence-electron chi connectivity index (χ1n) is 10.2. The van der Waals surface area contributed by atoms with E-state index in [1.54, 1.807) is 7.11 Å². The maximum absolute atomic E-state index is 12.5. The number of nitrogens with zero attached hydrogens (tertiary/aromatic N) is 4. The fourth-order valence-electron chi connectivity index (χ4n) is 3.60. The van der Waals surface area contributed by atoms with Crippen molar-refractivity contribution >= 4 is 11.7 Å². The summed E-state index contributed by atoms with van der Waals surface area (Å²) in [5.41, 5.74) is 3.29. The Morgan fingerprint density at radius 2 is 1.73 bits per heavy atom. The lowest BCUT2D eigenvalue weighted by molar-refractivity contribution is 0.194. The summed E-state index contributed by atoms with van der Waals surface area (Å²) in [7, 11) is 1.67. The average molecular weight is 406 g/mol. The quantitative estimate of drug-likeness (QED) is 0.685. The number of rotatable bonds is 6. The van der Waals surface area contributed by atoms with Crippen LogP contribution in [0.1, 0.15) is 5.56 Å². The predicted octanol–water partition coefficient (Wildman–Crippen LogP) is 2.96. The molecule has 7 nitrogen and oxygen atoms in total. The highest BCUT2D eigenvalue weighted by atomic mass is 16.5. The summed E-state index contributed by atoms with van der Waals surface area (Å²) in [6.45, 7) is 3.67. The fourth-order valence-corrected chi connectivity index (χ4v) is 3.60. The largest absolute Gasteiger partial charge is 0.497 e. The molecule has 0 radical (unpaired) electrons. The number of carbonyl (C=O) groups excluding carboxylic acids is 1. The van der Waals surface area contributed by atoms with E-state index >= 15 is 0 Å². The predicted molar refractivity (Wildman–Crippen MR) is 117 cm³/mol. The van der Waals surface area contributed by atoms with Crippen molar-refractivity contribution in [2.24, 2.45) is 0 Å². The van der Waals surface area contributed by atoms with Gasteiger partial charge in [0.25, 0.3) is 0 Å². The Morgan fingerprint density at radius 1 is 1.00 bits per heavy atom. The monoisotopic (exact) mass is 405 g/mol. The van der Waals surface area contributed by atoms with E-state index in [-0.39, 0.29) is 6.03 Å². The molecule has 1 N–H and O–H groups in total. The van der Waals surface area contributed by atoms with Gasteiger partial charge in [0, 0.05) is 44.6 Å². The Labute approximate surface area is 176 Å². The van der Waals surface area contributed by atoms with Crippen LogP contribution in [-0.2, 0) is 6.42 Å². The number of anilines is 1. The summed E-state index contributed by atoms with van der Waals surface area (Å²) in [6.07, 6.45) is 4.62. The van der Waals surface area contributed by atoms with Crippen molar-refractivity contribution in [1.29, 1.82) is 0 Å². The molecule has 2 aromatic carbocycles. The molecule has 0 aliphatic carbocycles. The van der Waals surface area contributed by atoms with Crippen LogP contribution in [0.15, 0.2) is 67.0 Å². The lowest BCUT2D eigenvalue weighted by Gasteiger charge is -2.36. The molecule has 30 heavy (non-hydrogen) atoms. The van der Waals surface area contributed by atoms with Gasteiger partial charge in [0.1, 0.15) is 5.75 Å². The molecule has 1 aliphatic heterocycles. The summed E-state index contributed by atoms with van der Waals surface area (Å²) in [5, 5.41) is 7.44. The average Bonchev–Trinajstić information content (AvgIpc) is 3.29. The van der Waals surface area contributed by atoms with Crippen LogP contribution in [0.5, 0.6) is 5.75 Å². The van der Waals surface area contributed by atoms with Crippen LogP contribution in [0.25, 0.3) is 5.69 Å². The maximum Gasteiger partial charge on any atom is 0.317 e. The molecule has 156 valence electrons. The molecule has 4 rings (SSSR count). The lowest BCUT2D eigenvalue weighted by atomic mass is 10.2. The number of hydrogen-bond acceptors (Lipinski definition) is 4. The standard InChI is InChI=1S/C23H27N5O2/c1-30-22-9-7-20(8-10-22)26-13-15-27(16-14-26)23(29)24-12-11-19-17-25-28(18-19)21-5-3-2-4-6-21/h2-10,17-18H,11-16H2,1H3,(H,24,29). The zero-order chi connectivity index (χ0) is 20.8. The molecule has 1 aromatic heterocycles. The number of carbonyl (C=O) groups is 1. The van der Waals surface area contributed by atoms with Gasteiger partial charge in [-0.15, -0.1) is 0 Å². The molecule has 2 heterocycles. The second-order valence-corrected chi connectivity index (χ2v) is 7.28. The van der Waals surface area contributed by atoms with Crippen LogP contribution in [0.4, 0.5) is 10.5 Å². The molecule has 0 saturated carbocycles. The van der Waals surface area contributed by atoms with E-state index in [0.29, 0.717) is 19.6 Å². The van der Waals surface area contributed by atoms with Crippen molar-refractivity contribution in [1.82, 2.24) is 20.0 Å². The van der Waals surface area contributed by atoms with Crippen molar-refractivity contribution in [3.05, 3.63) is 72.6 Å². The Bertz CT molecular complexity index is 947. The molecule has 3 aromatic rings. The Kier molecular flexibility index (Phi) is 6.17. The van der Waals surface area contributed by atoms with Gasteiger partial charge in [-0.05, 0) is 48.4 Å². The summed E-state index contributed by atoms with van der Waals surface area (Å²) >= 11 is 0. The SMILES string of the molecule is COc1ccc(N2CCN(C(=O)NCCc3cnn(-c4ccccc4)c3)CC2)cc1. The molecule has 0 atom stereocenters. The molecule has 0 unspecified atom stereocenters. The van der Waals surface area contributed by atoms with E-state index in [0.717, 1.165) is 42.2 Å². The second-order valence-electron chi connectivity index (χ2n) is 7.28. The number of nitrogens with one attached hydrogen (secondary N) is 1.